The third kappa shape index (κ3) is 20.5. The summed E-state index contributed by atoms with van der Waals surface area (Å²) >= 11 is 0. The van der Waals surface area contributed by atoms with Crippen LogP contribution in [0.2, 0.25) is 0 Å². The van der Waals surface area contributed by atoms with Crippen LogP contribution in [0.1, 0.15) is 149 Å². The van der Waals surface area contributed by atoms with Crippen LogP contribution in [-0.2, 0) is 9.53 Å². The maximum absolute atomic E-state index is 11.7. The Morgan fingerprint density at radius 3 is 1.30 bits per heavy atom. The van der Waals surface area contributed by atoms with Gasteiger partial charge >= 0.3 is 5.97 Å². The van der Waals surface area contributed by atoms with Gasteiger partial charge in [0.05, 0.1) is 6.61 Å². The highest BCUT2D eigenvalue weighted by atomic mass is 16.5. The quantitative estimate of drug-likeness (QED) is 0.0930. The first kappa shape index (κ1) is 29.2. The summed E-state index contributed by atoms with van der Waals surface area (Å²) in [6.45, 7) is 10.6. The monoisotopic (exact) mass is 422 g/mol. The molecule has 0 aliphatic rings. The summed E-state index contributed by atoms with van der Waals surface area (Å²) in [7, 11) is 0. The van der Waals surface area contributed by atoms with E-state index < -0.39 is 0 Å². The molecule has 2 nitrogen and oxygen atoms in total. The highest BCUT2D eigenvalue weighted by molar-refractivity contribution is 5.86. The van der Waals surface area contributed by atoms with E-state index in [9.17, 15) is 4.79 Å². The van der Waals surface area contributed by atoms with Crippen molar-refractivity contribution in [3.05, 3.63) is 12.2 Å². The number of ether oxygens (including phenoxy) is 1. The molecule has 1 unspecified atom stereocenters. The minimum atomic E-state index is -0.224. The Hall–Kier alpha value is -0.790. The highest BCUT2D eigenvalue weighted by Crippen LogP contribution is 2.20. The number of carbonyl (C=O) groups excluding carboxylic acids is 1. The van der Waals surface area contributed by atoms with E-state index in [2.05, 4.69) is 20.4 Å². The van der Waals surface area contributed by atoms with E-state index >= 15 is 0 Å². The number of unbranched alkanes of at least 4 members (excludes halogenated alkanes) is 16. The third-order valence-electron chi connectivity index (χ3n) is 6.23. The van der Waals surface area contributed by atoms with E-state index in [1.807, 2.05) is 0 Å². The lowest BCUT2D eigenvalue weighted by Crippen LogP contribution is -2.15. The maximum Gasteiger partial charge on any atom is 0.333 e. The molecule has 0 aliphatic carbocycles. The molecule has 0 radical (unpaired) electrons. The van der Waals surface area contributed by atoms with Crippen LogP contribution in [0.5, 0.6) is 0 Å². The Balaban J connectivity index is 3.80. The molecule has 0 aromatic heterocycles. The van der Waals surface area contributed by atoms with E-state index in [0.717, 1.165) is 0 Å². The predicted octanol–water partition coefficient (Wildman–Crippen LogP) is 9.56. The second-order valence-corrected chi connectivity index (χ2v) is 9.48. The van der Waals surface area contributed by atoms with Crippen LogP contribution >= 0.6 is 0 Å². The molecule has 0 amide bonds. The fourth-order valence-electron chi connectivity index (χ4n) is 4.12. The molecule has 0 N–H and O–H groups in total. The van der Waals surface area contributed by atoms with E-state index in [1.165, 1.54) is 128 Å². The number of esters is 1. The highest BCUT2D eigenvalue weighted by Gasteiger charge is 2.12. The molecular weight excluding hydrogens is 368 g/mol. The molecule has 0 saturated carbocycles. The smallest absolute Gasteiger partial charge is 0.333 e. The first-order chi connectivity index (χ1) is 14.6. The first-order valence-electron chi connectivity index (χ1n) is 13.4. The fraction of sp³-hybridized carbons (Fsp3) is 0.893. The van der Waals surface area contributed by atoms with Gasteiger partial charge in [-0.2, -0.15) is 0 Å². The van der Waals surface area contributed by atoms with Gasteiger partial charge in [0.15, 0.2) is 0 Å². The average molecular weight is 423 g/mol. The van der Waals surface area contributed by atoms with E-state index in [4.69, 9.17) is 4.74 Å². The molecule has 0 bridgehead atoms. The lowest BCUT2D eigenvalue weighted by Gasteiger charge is -2.17. The zero-order valence-corrected chi connectivity index (χ0v) is 21.0. The van der Waals surface area contributed by atoms with Crippen molar-refractivity contribution in [2.45, 2.75) is 149 Å². The van der Waals surface area contributed by atoms with Gasteiger partial charge < -0.3 is 4.74 Å². The van der Waals surface area contributed by atoms with Gasteiger partial charge in [-0.3, -0.25) is 0 Å². The second-order valence-electron chi connectivity index (χ2n) is 9.48. The van der Waals surface area contributed by atoms with Crippen LogP contribution in [0.25, 0.3) is 0 Å². The summed E-state index contributed by atoms with van der Waals surface area (Å²) in [5.74, 6) is 0.306. The van der Waals surface area contributed by atoms with Crippen molar-refractivity contribution in [1.29, 1.82) is 0 Å². The van der Waals surface area contributed by atoms with Crippen molar-refractivity contribution in [3.63, 3.8) is 0 Å². The van der Waals surface area contributed by atoms with Gasteiger partial charge in [-0.1, -0.05) is 136 Å². The average Bonchev–Trinajstić information content (AvgIpc) is 2.74. The molecule has 0 rings (SSSR count). The second kappa shape index (κ2) is 22.9. The molecule has 0 aromatic carbocycles. The normalized spacial score (nSPS) is 12.1. The molecule has 1 atom stereocenters. The van der Waals surface area contributed by atoms with Crippen LogP contribution in [-0.4, -0.2) is 12.6 Å². The van der Waals surface area contributed by atoms with Crippen LogP contribution in [0.4, 0.5) is 0 Å². The number of hydrogen-bond donors (Lipinski definition) is 0. The van der Waals surface area contributed by atoms with Gasteiger partial charge in [0.2, 0.25) is 0 Å². The van der Waals surface area contributed by atoms with Crippen molar-refractivity contribution in [2.75, 3.05) is 6.61 Å². The van der Waals surface area contributed by atoms with Crippen molar-refractivity contribution >= 4 is 5.97 Å². The minimum Gasteiger partial charge on any atom is -0.462 e. The molecule has 0 aliphatic heterocycles. The van der Waals surface area contributed by atoms with Crippen molar-refractivity contribution in [1.82, 2.24) is 0 Å². The van der Waals surface area contributed by atoms with Crippen molar-refractivity contribution in [2.24, 2.45) is 5.92 Å². The summed E-state index contributed by atoms with van der Waals surface area (Å²) in [5, 5.41) is 0. The fourth-order valence-corrected chi connectivity index (χ4v) is 4.12. The SMILES string of the molecule is C=C(C)C(=O)OCC(CCCCCCCC)CCCCCCCCCCCCCC. The molecule has 0 fully saturated rings. The minimum absolute atomic E-state index is 0.224. The van der Waals surface area contributed by atoms with Gasteiger partial charge in [0.25, 0.3) is 0 Å². The molecule has 2 heteroatoms. The Labute approximate surface area is 189 Å². The maximum atomic E-state index is 11.7. The summed E-state index contributed by atoms with van der Waals surface area (Å²) in [4.78, 5) is 11.7. The van der Waals surface area contributed by atoms with Crippen LogP contribution in [0, 0.1) is 5.92 Å². The first-order valence-corrected chi connectivity index (χ1v) is 13.4. The predicted molar refractivity (Wildman–Crippen MR) is 133 cm³/mol. The topological polar surface area (TPSA) is 26.3 Å². The van der Waals surface area contributed by atoms with Gasteiger partial charge in [0, 0.05) is 5.57 Å². The standard InChI is InChI=1S/C28H54O2/c1-5-7-9-11-13-14-15-16-17-18-20-22-24-27(25-30-28(29)26(3)4)23-21-19-12-10-8-6-2/h27H,3,5-25H2,1-2,4H3. The molecule has 0 aromatic rings. The van der Waals surface area contributed by atoms with Crippen LogP contribution in [0.15, 0.2) is 12.2 Å². The van der Waals surface area contributed by atoms with Crippen LogP contribution < -0.4 is 0 Å². The molecule has 0 spiro atoms. The zero-order chi connectivity index (χ0) is 22.3. The number of rotatable bonds is 23. The van der Waals surface area contributed by atoms with Crippen LogP contribution in [0.3, 0.4) is 0 Å². The molecule has 0 heterocycles. The Kier molecular flexibility index (Phi) is 22.3. The van der Waals surface area contributed by atoms with Gasteiger partial charge in [-0.05, 0) is 25.7 Å². The zero-order valence-electron chi connectivity index (χ0n) is 21.0. The van der Waals surface area contributed by atoms with E-state index in [-0.39, 0.29) is 5.97 Å². The van der Waals surface area contributed by atoms with E-state index in [1.54, 1.807) is 6.92 Å². The summed E-state index contributed by atoms with van der Waals surface area (Å²) in [5.41, 5.74) is 0.513. The lowest BCUT2D eigenvalue weighted by molar-refractivity contribution is -0.140. The van der Waals surface area contributed by atoms with Crippen molar-refractivity contribution < 1.29 is 9.53 Å². The largest absolute Gasteiger partial charge is 0.462 e. The molecule has 30 heavy (non-hydrogen) atoms. The van der Waals surface area contributed by atoms with E-state index in [0.29, 0.717) is 18.1 Å². The van der Waals surface area contributed by atoms with Gasteiger partial charge in [0.1, 0.15) is 0 Å². The third-order valence-corrected chi connectivity index (χ3v) is 6.23. The lowest BCUT2D eigenvalue weighted by atomic mass is 9.94. The Morgan fingerprint density at radius 1 is 0.633 bits per heavy atom. The van der Waals surface area contributed by atoms with Gasteiger partial charge in [-0.25, -0.2) is 4.79 Å². The van der Waals surface area contributed by atoms with Gasteiger partial charge in [-0.15, -0.1) is 0 Å². The molecule has 0 saturated heterocycles. The summed E-state index contributed by atoms with van der Waals surface area (Å²) < 4.78 is 5.48. The Bertz CT molecular complexity index is 388. The molecule has 178 valence electrons. The van der Waals surface area contributed by atoms with Crippen molar-refractivity contribution in [3.8, 4) is 0 Å². The number of carbonyl (C=O) groups is 1. The number of hydrogen-bond acceptors (Lipinski definition) is 2. The molecular formula is C28H54O2. The Morgan fingerprint density at radius 2 is 0.967 bits per heavy atom. The summed E-state index contributed by atoms with van der Waals surface area (Å²) in [6.07, 6.45) is 27.1. The summed E-state index contributed by atoms with van der Waals surface area (Å²) in [6, 6.07) is 0.